The van der Waals surface area contributed by atoms with E-state index < -0.39 is 0 Å². The standard InChI is InChI=1S/C14H28Se6/c1-2-4-6-8-10-12-14-16-18-20-19-17-15-13-11-9-7-5-3-1/h1-14H2. The zero-order valence-electron chi connectivity index (χ0n) is 12.3. The predicted octanol–water partition coefficient (Wildman–Crippen LogP) is 3.32. The van der Waals surface area contributed by atoms with Gasteiger partial charge in [-0.25, -0.2) is 0 Å². The van der Waals surface area contributed by atoms with E-state index in [0.717, 1.165) is 48.9 Å². The van der Waals surface area contributed by atoms with Gasteiger partial charge in [-0.1, -0.05) is 0 Å². The molecule has 1 aliphatic heterocycles. The predicted molar refractivity (Wildman–Crippen MR) is 99.5 cm³/mol. The molecule has 0 bridgehead atoms. The molecule has 20 heavy (non-hydrogen) atoms. The van der Waals surface area contributed by atoms with Gasteiger partial charge in [-0.3, -0.25) is 0 Å². The van der Waals surface area contributed by atoms with Gasteiger partial charge in [0.2, 0.25) is 0 Å². The first-order valence-corrected chi connectivity index (χ1v) is 32.0. The molecular weight excluding hydrogens is 642 g/mol. The molecule has 0 spiro atoms. The fourth-order valence-electron chi connectivity index (χ4n) is 2.22. The summed E-state index contributed by atoms with van der Waals surface area (Å²) in [6, 6.07) is 0. The first-order valence-electron chi connectivity index (χ1n) is 7.91. The van der Waals surface area contributed by atoms with Crippen LogP contribution in [-0.4, -0.2) is 71.5 Å². The fraction of sp³-hybridized carbons (Fsp3) is 1.00. The van der Waals surface area contributed by atoms with E-state index >= 15 is 0 Å². The van der Waals surface area contributed by atoms with Crippen LogP contribution in [-0.2, 0) is 0 Å². The Hall–Kier alpha value is 3.12. The maximum absolute atomic E-state index is 1.63. The van der Waals surface area contributed by atoms with E-state index in [1.165, 1.54) is 74.0 Å². The van der Waals surface area contributed by atoms with Gasteiger partial charge in [-0.2, -0.15) is 0 Å². The van der Waals surface area contributed by atoms with Crippen molar-refractivity contribution in [3.05, 3.63) is 0 Å². The zero-order valence-corrected chi connectivity index (χ0v) is 22.6. The Labute approximate surface area is 157 Å². The first kappa shape index (κ1) is 21.2. The van der Waals surface area contributed by atoms with Gasteiger partial charge in [0, 0.05) is 0 Å². The molecule has 6 heteroatoms. The van der Waals surface area contributed by atoms with E-state index in [-0.39, 0.29) is 0 Å². The van der Waals surface area contributed by atoms with Gasteiger partial charge < -0.3 is 0 Å². The van der Waals surface area contributed by atoms with E-state index in [1.54, 1.807) is 36.3 Å². The summed E-state index contributed by atoms with van der Waals surface area (Å²) in [7, 11) is 0. The maximum atomic E-state index is 1.63. The van der Waals surface area contributed by atoms with Crippen LogP contribution in [0, 0.1) is 0 Å². The van der Waals surface area contributed by atoms with Crippen LogP contribution in [0.2, 0.25) is 10.6 Å². The van der Waals surface area contributed by atoms with Crippen LogP contribution >= 0.6 is 0 Å². The second kappa shape index (κ2) is 18.5. The molecule has 1 fully saturated rings. The fourth-order valence-corrected chi connectivity index (χ4v) is 130. The molecule has 0 N–H and O–H groups in total. The Kier molecular flexibility index (Phi) is 19.5. The molecular formula is C14H28Se6. The number of rotatable bonds is 0. The summed E-state index contributed by atoms with van der Waals surface area (Å²) in [5.74, 6) is 0. The van der Waals surface area contributed by atoms with Crippen LogP contribution in [0.5, 0.6) is 0 Å². The summed E-state index contributed by atoms with van der Waals surface area (Å²) < 4.78 is 0. The van der Waals surface area contributed by atoms with E-state index in [0.29, 0.717) is 0 Å². The Morgan fingerprint density at radius 3 is 0.950 bits per heavy atom. The Bertz CT molecular complexity index is 104. The zero-order chi connectivity index (χ0) is 14.1. The normalized spacial score (nSPS) is 24.0. The molecule has 0 aromatic heterocycles. The molecule has 1 rings (SSSR count). The topological polar surface area (TPSA) is 0 Å². The Balaban J connectivity index is 2.00. The molecule has 0 unspecified atom stereocenters. The van der Waals surface area contributed by atoms with E-state index in [9.17, 15) is 0 Å². The SMILES string of the molecule is C1CCCCCCC[Se][Se][Se][Se][Se][Se]CCCCCC1. The Morgan fingerprint density at radius 2 is 0.600 bits per heavy atom. The van der Waals surface area contributed by atoms with Crippen LogP contribution < -0.4 is 0 Å². The molecule has 120 valence electrons. The van der Waals surface area contributed by atoms with Gasteiger partial charge in [0.15, 0.2) is 0 Å². The third kappa shape index (κ3) is 16.0. The molecule has 1 heterocycles. The third-order valence-electron chi connectivity index (χ3n) is 3.38. The molecule has 0 aromatic rings. The Morgan fingerprint density at radius 1 is 0.300 bits per heavy atom. The van der Waals surface area contributed by atoms with Crippen molar-refractivity contribution < 1.29 is 0 Å². The third-order valence-corrected chi connectivity index (χ3v) is 83.0. The molecule has 0 aromatic carbocycles. The van der Waals surface area contributed by atoms with Gasteiger partial charge >= 0.3 is 159 Å². The second-order valence-corrected chi connectivity index (χ2v) is 50.9. The van der Waals surface area contributed by atoms with Crippen molar-refractivity contribution in [2.45, 2.75) is 87.7 Å². The van der Waals surface area contributed by atoms with Crippen molar-refractivity contribution in [3.8, 4) is 0 Å². The minimum atomic E-state index is 1.10. The summed E-state index contributed by atoms with van der Waals surface area (Å²) in [6.45, 7) is 0. The molecule has 1 saturated heterocycles. The average molecular weight is 670 g/mol. The summed E-state index contributed by atoms with van der Waals surface area (Å²) in [5.41, 5.74) is 0. The van der Waals surface area contributed by atoms with E-state index in [2.05, 4.69) is 0 Å². The molecule has 0 aliphatic carbocycles. The first-order chi connectivity index (χ1) is 10.0. The van der Waals surface area contributed by atoms with Gasteiger partial charge in [-0.05, 0) is 0 Å². The van der Waals surface area contributed by atoms with Crippen LogP contribution in [0.1, 0.15) is 77.0 Å². The van der Waals surface area contributed by atoms with Crippen molar-refractivity contribution >= 4 is 71.5 Å². The van der Waals surface area contributed by atoms with Crippen LogP contribution in [0.4, 0.5) is 0 Å². The van der Waals surface area contributed by atoms with E-state index in [1.807, 2.05) is 0 Å². The van der Waals surface area contributed by atoms with Gasteiger partial charge in [0.25, 0.3) is 0 Å². The van der Waals surface area contributed by atoms with Crippen molar-refractivity contribution in [2.75, 3.05) is 0 Å². The molecule has 0 atom stereocenters. The van der Waals surface area contributed by atoms with Crippen molar-refractivity contribution in [1.82, 2.24) is 0 Å². The summed E-state index contributed by atoms with van der Waals surface area (Å²) in [5, 5.41) is 3.26. The molecule has 0 amide bonds. The minimum absolute atomic E-state index is 1.10. The summed E-state index contributed by atoms with van der Waals surface area (Å²) in [6.07, 6.45) is 18.4. The second-order valence-electron chi connectivity index (χ2n) is 5.16. The number of hydrogen-bond donors (Lipinski definition) is 0. The average Bonchev–Trinajstić information content (AvgIpc) is 2.46. The van der Waals surface area contributed by atoms with Gasteiger partial charge in [0.05, 0.1) is 0 Å². The van der Waals surface area contributed by atoms with Gasteiger partial charge in [0.1, 0.15) is 0 Å². The van der Waals surface area contributed by atoms with Crippen LogP contribution in [0.15, 0.2) is 0 Å². The quantitative estimate of drug-likeness (QED) is 0.348. The van der Waals surface area contributed by atoms with Gasteiger partial charge in [-0.15, -0.1) is 0 Å². The molecule has 0 saturated carbocycles. The van der Waals surface area contributed by atoms with Crippen molar-refractivity contribution in [1.29, 1.82) is 0 Å². The molecule has 0 radical (unpaired) electrons. The summed E-state index contributed by atoms with van der Waals surface area (Å²) >= 11 is 6.83. The number of hydrogen-bond acceptors (Lipinski definition) is 0. The van der Waals surface area contributed by atoms with Crippen molar-refractivity contribution in [2.24, 2.45) is 0 Å². The molecule has 0 nitrogen and oxygen atoms in total. The monoisotopic (exact) mass is 676 g/mol. The van der Waals surface area contributed by atoms with Crippen molar-refractivity contribution in [3.63, 3.8) is 0 Å². The summed E-state index contributed by atoms with van der Waals surface area (Å²) in [4.78, 5) is 0. The van der Waals surface area contributed by atoms with Crippen LogP contribution in [0.25, 0.3) is 0 Å². The molecule has 1 aliphatic rings. The van der Waals surface area contributed by atoms with E-state index in [4.69, 9.17) is 0 Å². The van der Waals surface area contributed by atoms with Crippen LogP contribution in [0.3, 0.4) is 0 Å².